The fraction of sp³-hybridized carbons (Fsp3) is 0.214. The van der Waals surface area contributed by atoms with Crippen LogP contribution in [0.4, 0.5) is 5.69 Å². The van der Waals surface area contributed by atoms with Crippen LogP contribution in [-0.2, 0) is 5.41 Å². The van der Waals surface area contributed by atoms with Crippen LogP contribution in [0.25, 0.3) is 11.1 Å². The first-order valence-corrected chi connectivity index (χ1v) is 10.4. The van der Waals surface area contributed by atoms with Gasteiger partial charge in [-0.1, -0.05) is 93.6 Å². The van der Waals surface area contributed by atoms with E-state index in [-0.39, 0.29) is 5.41 Å². The Bertz CT molecular complexity index is 1070. The van der Waals surface area contributed by atoms with Crippen molar-refractivity contribution >= 4 is 5.69 Å². The van der Waals surface area contributed by atoms with Gasteiger partial charge in [-0.2, -0.15) is 0 Å². The Morgan fingerprint density at radius 2 is 1.76 bits per heavy atom. The number of nitrogens with one attached hydrogen (secondary N) is 1. The van der Waals surface area contributed by atoms with Crippen LogP contribution in [0.2, 0.25) is 0 Å². The average molecular weight is 380 g/mol. The molecule has 0 aromatic heterocycles. The second-order valence-electron chi connectivity index (χ2n) is 8.34. The van der Waals surface area contributed by atoms with Crippen molar-refractivity contribution in [3.8, 4) is 11.1 Å². The fourth-order valence-corrected chi connectivity index (χ4v) is 4.39. The van der Waals surface area contributed by atoms with E-state index in [0.717, 1.165) is 11.4 Å². The molecule has 0 heterocycles. The Morgan fingerprint density at radius 1 is 0.966 bits per heavy atom. The highest BCUT2D eigenvalue weighted by Crippen LogP contribution is 2.49. The average Bonchev–Trinajstić information content (AvgIpc) is 2.95. The van der Waals surface area contributed by atoms with Gasteiger partial charge in [0.05, 0.1) is 0 Å². The van der Waals surface area contributed by atoms with E-state index in [0.29, 0.717) is 5.92 Å². The highest BCUT2D eigenvalue weighted by Gasteiger charge is 2.35. The Hall–Kier alpha value is -3.06. The van der Waals surface area contributed by atoms with Crippen LogP contribution in [-0.4, -0.2) is 0 Å². The van der Waals surface area contributed by atoms with Crippen molar-refractivity contribution in [2.45, 2.75) is 33.1 Å². The molecule has 0 spiro atoms. The van der Waals surface area contributed by atoms with Crippen molar-refractivity contribution in [1.82, 2.24) is 0 Å². The summed E-state index contributed by atoms with van der Waals surface area (Å²) in [5.41, 5.74) is 9.10. The number of hydrogen-bond acceptors (Lipinski definition) is 1. The van der Waals surface area contributed by atoms with Gasteiger partial charge in [-0.15, -0.1) is 0 Å². The maximum absolute atomic E-state index is 3.71. The highest BCUT2D eigenvalue weighted by atomic mass is 14.9. The normalized spacial score (nSPS) is 20.9. The number of rotatable bonds is 4. The molecule has 29 heavy (non-hydrogen) atoms. The van der Waals surface area contributed by atoms with Crippen LogP contribution in [0.1, 0.15) is 38.8 Å². The van der Waals surface area contributed by atoms with Crippen LogP contribution in [0.5, 0.6) is 0 Å². The maximum Gasteiger partial charge on any atom is 0.0422 e. The summed E-state index contributed by atoms with van der Waals surface area (Å²) < 4.78 is 0. The van der Waals surface area contributed by atoms with Crippen molar-refractivity contribution in [1.29, 1.82) is 0 Å². The Morgan fingerprint density at radius 3 is 2.55 bits per heavy atom. The molecule has 0 bridgehead atoms. The number of allylic oxidation sites excluding steroid dienone is 9. The first kappa shape index (κ1) is 19.3. The van der Waals surface area contributed by atoms with Crippen molar-refractivity contribution in [3.63, 3.8) is 0 Å². The van der Waals surface area contributed by atoms with Crippen LogP contribution < -0.4 is 5.32 Å². The zero-order chi connectivity index (χ0) is 20.4. The van der Waals surface area contributed by atoms with E-state index in [1.54, 1.807) is 0 Å². The number of benzene rings is 2. The predicted molar refractivity (Wildman–Crippen MR) is 126 cm³/mol. The van der Waals surface area contributed by atoms with Crippen LogP contribution >= 0.6 is 0 Å². The molecule has 1 N–H and O–H groups in total. The molecule has 0 amide bonds. The van der Waals surface area contributed by atoms with Crippen LogP contribution in [0.3, 0.4) is 0 Å². The van der Waals surface area contributed by atoms with Crippen LogP contribution in [0, 0.1) is 5.92 Å². The molecule has 2 aromatic rings. The Labute approximate surface area is 174 Å². The molecule has 1 nitrogen and oxygen atoms in total. The summed E-state index contributed by atoms with van der Waals surface area (Å²) in [6, 6.07) is 15.6. The van der Waals surface area contributed by atoms with E-state index >= 15 is 0 Å². The summed E-state index contributed by atoms with van der Waals surface area (Å²) >= 11 is 0. The van der Waals surface area contributed by atoms with Gasteiger partial charge in [0, 0.05) is 22.7 Å². The van der Waals surface area contributed by atoms with Gasteiger partial charge in [-0.3, -0.25) is 0 Å². The van der Waals surface area contributed by atoms with E-state index in [1.165, 1.54) is 27.8 Å². The molecular weight excluding hydrogens is 350 g/mol. The summed E-state index contributed by atoms with van der Waals surface area (Å²) in [5, 5.41) is 3.71. The third-order valence-electron chi connectivity index (χ3n) is 6.02. The van der Waals surface area contributed by atoms with Gasteiger partial charge in [0.2, 0.25) is 0 Å². The van der Waals surface area contributed by atoms with Gasteiger partial charge >= 0.3 is 0 Å². The van der Waals surface area contributed by atoms with Gasteiger partial charge in [-0.05, 0) is 53.0 Å². The molecule has 1 unspecified atom stereocenters. The molecule has 2 aliphatic carbocycles. The third kappa shape index (κ3) is 3.53. The minimum Gasteiger partial charge on any atom is -0.355 e. The lowest BCUT2D eigenvalue weighted by molar-refractivity contribution is 0.660. The van der Waals surface area contributed by atoms with E-state index in [2.05, 4.69) is 111 Å². The standard InChI is InChI=1S/C28H29N/c1-5-6-7-16-27(22-13-9-8-12-20(22)2)29-21-17-18-24-23-14-10-11-15-25(23)28(3,4)26(24)19-21/h5-20,29H,1-4H3/b6-5-,16-7-,27-22-. The lowest BCUT2D eigenvalue weighted by Crippen LogP contribution is -2.15. The lowest BCUT2D eigenvalue weighted by Gasteiger charge is -2.23. The molecule has 1 heteroatoms. The number of fused-ring (bicyclic) bond motifs is 3. The van der Waals surface area contributed by atoms with Crippen molar-refractivity contribution in [3.05, 3.63) is 113 Å². The molecule has 2 aliphatic rings. The molecule has 0 aliphatic heterocycles. The van der Waals surface area contributed by atoms with E-state index < -0.39 is 0 Å². The predicted octanol–water partition coefficient (Wildman–Crippen LogP) is 7.55. The number of anilines is 1. The van der Waals surface area contributed by atoms with Gasteiger partial charge in [0.1, 0.15) is 0 Å². The molecular formula is C28H29N. The molecule has 0 saturated heterocycles. The maximum atomic E-state index is 3.71. The second kappa shape index (κ2) is 7.75. The molecule has 1 atom stereocenters. The van der Waals surface area contributed by atoms with Gasteiger partial charge in [-0.25, -0.2) is 0 Å². The SMILES string of the molecule is C\C=C/C=C\C(Nc1ccc2c(c1)C(C)(C)c1ccccc1-2)=C1/C=CC=CC1C. The topological polar surface area (TPSA) is 12.0 Å². The van der Waals surface area contributed by atoms with Gasteiger partial charge < -0.3 is 5.32 Å². The largest absolute Gasteiger partial charge is 0.355 e. The first-order chi connectivity index (χ1) is 14.0. The van der Waals surface area contributed by atoms with Gasteiger partial charge in [0.25, 0.3) is 0 Å². The second-order valence-corrected chi connectivity index (χ2v) is 8.34. The molecule has 4 rings (SSSR count). The summed E-state index contributed by atoms with van der Waals surface area (Å²) in [4.78, 5) is 0. The number of hydrogen-bond donors (Lipinski definition) is 1. The quantitative estimate of drug-likeness (QED) is 0.541. The monoisotopic (exact) mass is 379 g/mol. The Kier molecular flexibility index (Phi) is 5.15. The minimum absolute atomic E-state index is 0.0124. The van der Waals surface area contributed by atoms with Crippen molar-refractivity contribution < 1.29 is 0 Å². The highest BCUT2D eigenvalue weighted by molar-refractivity contribution is 5.82. The summed E-state index contributed by atoms with van der Waals surface area (Å²) in [6.07, 6.45) is 17.1. The zero-order valence-electron chi connectivity index (χ0n) is 17.7. The summed E-state index contributed by atoms with van der Waals surface area (Å²) in [5.74, 6) is 0.382. The van der Waals surface area contributed by atoms with Crippen LogP contribution in [0.15, 0.2) is 102 Å². The molecule has 146 valence electrons. The minimum atomic E-state index is 0.0124. The van der Waals surface area contributed by atoms with E-state index in [4.69, 9.17) is 0 Å². The Balaban J connectivity index is 1.74. The molecule has 0 saturated carbocycles. The van der Waals surface area contributed by atoms with E-state index in [9.17, 15) is 0 Å². The van der Waals surface area contributed by atoms with Gasteiger partial charge in [0.15, 0.2) is 0 Å². The molecule has 0 fully saturated rings. The van der Waals surface area contributed by atoms with Crippen molar-refractivity contribution in [2.75, 3.05) is 5.32 Å². The fourth-order valence-electron chi connectivity index (χ4n) is 4.39. The molecule has 2 aromatic carbocycles. The lowest BCUT2D eigenvalue weighted by atomic mass is 9.82. The summed E-state index contributed by atoms with van der Waals surface area (Å²) in [6.45, 7) is 8.92. The zero-order valence-corrected chi connectivity index (χ0v) is 17.7. The van der Waals surface area contributed by atoms with Crippen molar-refractivity contribution in [2.24, 2.45) is 5.92 Å². The smallest absolute Gasteiger partial charge is 0.0422 e. The third-order valence-corrected chi connectivity index (χ3v) is 6.02. The van der Waals surface area contributed by atoms with E-state index in [1.807, 2.05) is 13.0 Å². The first-order valence-electron chi connectivity index (χ1n) is 10.4. The molecule has 0 radical (unpaired) electrons. The summed E-state index contributed by atoms with van der Waals surface area (Å²) in [7, 11) is 0.